The van der Waals surface area contributed by atoms with Gasteiger partial charge in [0.25, 0.3) is 0 Å². The van der Waals surface area contributed by atoms with Crippen molar-refractivity contribution in [3.8, 4) is 28.4 Å². The Hall–Kier alpha value is -4.94. The van der Waals surface area contributed by atoms with E-state index < -0.39 is 65.2 Å². The van der Waals surface area contributed by atoms with Crippen LogP contribution in [0.1, 0.15) is 44.8 Å². The van der Waals surface area contributed by atoms with E-state index >= 15 is 13.2 Å². The molecule has 3 aromatic heterocycles. The van der Waals surface area contributed by atoms with Crippen LogP contribution in [0, 0.1) is 17.5 Å². The number of carbonyl (C=O) groups excluding carboxylic acids is 1. The van der Waals surface area contributed by atoms with E-state index in [1.54, 1.807) is 37.5 Å². The van der Waals surface area contributed by atoms with Crippen LogP contribution in [0.25, 0.3) is 28.0 Å². The third-order valence-corrected chi connectivity index (χ3v) is 7.85. The maximum atomic E-state index is 16.3. The summed E-state index contributed by atoms with van der Waals surface area (Å²) in [5.41, 5.74) is -3.09. The molecule has 1 amide bonds. The minimum atomic E-state index is -3.52. The smallest absolute Gasteiger partial charge is 0.356 e. The summed E-state index contributed by atoms with van der Waals surface area (Å²) >= 11 is 0. The summed E-state index contributed by atoms with van der Waals surface area (Å²) in [6, 6.07) is 2.57. The first kappa shape index (κ1) is 25.4. The number of hydrogen-bond acceptors (Lipinski definition) is 8. The first-order chi connectivity index (χ1) is 23.0. The lowest BCUT2D eigenvalue weighted by molar-refractivity contribution is -0.128. The van der Waals surface area contributed by atoms with Gasteiger partial charge in [-0.1, -0.05) is 20.4 Å². The molecule has 2 aliphatic heterocycles. The molecule has 0 spiro atoms. The van der Waals surface area contributed by atoms with E-state index in [4.69, 9.17) is 15.0 Å². The van der Waals surface area contributed by atoms with Gasteiger partial charge in [0, 0.05) is 37.4 Å². The maximum absolute atomic E-state index is 16.3. The van der Waals surface area contributed by atoms with Crippen LogP contribution in [0.3, 0.4) is 0 Å². The zero-order valence-corrected chi connectivity index (χ0v) is 24.8. The maximum Gasteiger partial charge on any atom is 0.356 e. The van der Waals surface area contributed by atoms with Crippen molar-refractivity contribution in [1.82, 2.24) is 24.4 Å². The van der Waals surface area contributed by atoms with Crippen LogP contribution >= 0.6 is 0 Å². The van der Waals surface area contributed by atoms with Crippen molar-refractivity contribution in [2.24, 2.45) is 0 Å². The Balaban J connectivity index is 1.76. The lowest BCUT2D eigenvalue weighted by Gasteiger charge is -2.44. The number of nitrogens with zero attached hydrogens (tertiary/aromatic N) is 6. The van der Waals surface area contributed by atoms with E-state index in [0.717, 1.165) is 10.6 Å². The van der Waals surface area contributed by atoms with Gasteiger partial charge in [-0.25, -0.2) is 27.5 Å². The van der Waals surface area contributed by atoms with Crippen molar-refractivity contribution in [2.75, 3.05) is 31.1 Å². The highest BCUT2D eigenvalue weighted by Gasteiger charge is 2.35. The van der Waals surface area contributed by atoms with Gasteiger partial charge in [-0.3, -0.25) is 9.78 Å². The van der Waals surface area contributed by atoms with Gasteiger partial charge in [0.2, 0.25) is 5.91 Å². The van der Waals surface area contributed by atoms with Crippen LogP contribution in [0.15, 0.2) is 47.9 Å². The second-order valence-electron chi connectivity index (χ2n) is 11.1. The summed E-state index contributed by atoms with van der Waals surface area (Å²) in [7, 11) is 0. The van der Waals surface area contributed by atoms with Crippen LogP contribution in [0.4, 0.5) is 19.0 Å². The fourth-order valence-corrected chi connectivity index (χ4v) is 5.73. The zero-order valence-electron chi connectivity index (χ0n) is 28.8. The van der Waals surface area contributed by atoms with E-state index in [9.17, 15) is 9.59 Å². The third-order valence-electron chi connectivity index (χ3n) is 7.85. The van der Waals surface area contributed by atoms with Gasteiger partial charge in [-0.15, -0.1) is 0 Å². The second-order valence-corrected chi connectivity index (χ2v) is 11.1. The molecular weight excluding hydrogens is 589 g/mol. The summed E-state index contributed by atoms with van der Waals surface area (Å²) in [5, 5.41) is -0.0393. The number of rotatable bonds is 3. The van der Waals surface area contributed by atoms with Crippen molar-refractivity contribution in [3.63, 3.8) is 0 Å². The predicted molar refractivity (Wildman–Crippen MR) is 161 cm³/mol. The summed E-state index contributed by atoms with van der Waals surface area (Å²) in [4.78, 5) is 43.2. The normalized spacial score (nSPS) is 21.6. The second kappa shape index (κ2) is 11.5. The number of amides is 1. The number of anilines is 1. The fraction of sp³-hybridized carbons (Fsp3) is 0.344. The SMILES string of the molecule is [2H]C1([2H])Oc2ccnc(C(C)C)c2-n2c(=O)nc(N3C[C@@H](C)N(C(=O)C=C)C[C@@H]3C)c3cc(F)c(nc32)-c2c(F)ccc(F)c2OC1([2H])[2H]. The molecule has 13 heteroatoms. The Morgan fingerprint density at radius 1 is 1.07 bits per heavy atom. The molecular formula is C32H31F3N6O4. The molecule has 2 bridgehead atoms. The van der Waals surface area contributed by atoms with Gasteiger partial charge >= 0.3 is 5.69 Å². The third kappa shape index (κ3) is 5.05. The molecule has 6 rings (SSSR count). The molecule has 5 heterocycles. The number of ether oxygens (including phenoxy) is 2. The standard InChI is InChI=1S/C32H31F3N6O4/c1-6-24(42)39-14-18(5)40(15-17(39)4)30-19-13-22(35)27-25-20(33)7-8-21(34)29(25)45-12-11-44-23-9-10-36-26(16(2)3)28(23)41(31(19)37-27)32(43)38-30/h6-10,13,16-18H,1,11-12,14-15H2,2-5H3/t17-,18+/m1/s1/i11D2,12D2. The molecule has 4 aromatic rings. The van der Waals surface area contributed by atoms with E-state index in [2.05, 4.69) is 21.5 Å². The molecule has 2 atom stereocenters. The minimum absolute atomic E-state index is 0.00773. The molecule has 10 nitrogen and oxygen atoms in total. The van der Waals surface area contributed by atoms with Crippen LogP contribution in [0.2, 0.25) is 0 Å². The molecule has 0 radical (unpaired) electrons. The highest BCUT2D eigenvalue weighted by Crippen LogP contribution is 2.40. The van der Waals surface area contributed by atoms with Gasteiger partial charge in [0.1, 0.15) is 41.9 Å². The largest absolute Gasteiger partial charge is 0.488 e. The topological polar surface area (TPSA) is 103 Å². The minimum Gasteiger partial charge on any atom is -0.488 e. The van der Waals surface area contributed by atoms with Gasteiger partial charge < -0.3 is 19.3 Å². The number of benzene rings is 1. The summed E-state index contributed by atoms with van der Waals surface area (Å²) in [5.74, 6) is -6.13. The number of hydrogen-bond donors (Lipinski definition) is 0. The van der Waals surface area contributed by atoms with Gasteiger partial charge in [-0.05, 0) is 44.0 Å². The molecule has 1 saturated heterocycles. The lowest BCUT2D eigenvalue weighted by atomic mass is 10.0. The average Bonchev–Trinajstić information content (AvgIpc) is 3.03. The molecule has 2 aliphatic rings. The number of fused-ring (bicyclic) bond motifs is 5. The van der Waals surface area contributed by atoms with Crippen molar-refractivity contribution < 1.29 is 32.9 Å². The Labute approximate surface area is 262 Å². The van der Waals surface area contributed by atoms with Crippen molar-refractivity contribution >= 4 is 22.8 Å². The quantitative estimate of drug-likeness (QED) is 0.301. The summed E-state index contributed by atoms with van der Waals surface area (Å²) < 4.78 is 92.9. The van der Waals surface area contributed by atoms with Crippen molar-refractivity contribution in [2.45, 2.75) is 45.7 Å². The highest BCUT2D eigenvalue weighted by atomic mass is 19.1. The highest BCUT2D eigenvalue weighted by molar-refractivity contribution is 5.92. The van der Waals surface area contributed by atoms with Crippen LogP contribution in [-0.4, -0.2) is 68.6 Å². The number of carbonyl (C=O) groups is 1. The van der Waals surface area contributed by atoms with Crippen LogP contribution < -0.4 is 20.1 Å². The molecule has 45 heavy (non-hydrogen) atoms. The van der Waals surface area contributed by atoms with Gasteiger partial charge in [0.15, 0.2) is 23.0 Å². The monoisotopic (exact) mass is 624 g/mol. The Kier molecular flexibility index (Phi) is 6.50. The first-order valence-electron chi connectivity index (χ1n) is 16.2. The van der Waals surface area contributed by atoms with Crippen molar-refractivity contribution in [1.29, 1.82) is 0 Å². The molecule has 1 aromatic carbocycles. The summed E-state index contributed by atoms with van der Waals surface area (Å²) in [6.45, 7) is 4.01. The molecule has 0 unspecified atom stereocenters. The first-order valence-corrected chi connectivity index (χ1v) is 14.2. The Bertz CT molecular complexity index is 2100. The molecule has 0 saturated carbocycles. The Morgan fingerprint density at radius 2 is 1.80 bits per heavy atom. The van der Waals surface area contributed by atoms with E-state index in [-0.39, 0.29) is 59.0 Å². The van der Waals surface area contributed by atoms with E-state index in [1.807, 2.05) is 0 Å². The number of piperazine rings is 1. The lowest BCUT2D eigenvalue weighted by Crippen LogP contribution is -2.58. The van der Waals surface area contributed by atoms with Crippen LogP contribution in [-0.2, 0) is 4.79 Å². The molecule has 1 fully saturated rings. The van der Waals surface area contributed by atoms with Gasteiger partial charge in [-0.2, -0.15) is 4.98 Å². The zero-order chi connectivity index (χ0) is 35.7. The van der Waals surface area contributed by atoms with E-state index in [0.29, 0.717) is 12.1 Å². The number of aromatic nitrogens is 4. The Morgan fingerprint density at radius 3 is 2.53 bits per heavy atom. The van der Waals surface area contributed by atoms with Crippen molar-refractivity contribution in [3.05, 3.63) is 76.7 Å². The fourth-order valence-electron chi connectivity index (χ4n) is 5.73. The molecule has 0 N–H and O–H groups in total. The number of pyridine rings is 2. The average molecular weight is 625 g/mol. The van der Waals surface area contributed by atoms with Gasteiger partial charge in [0.05, 0.1) is 22.1 Å². The molecule has 0 aliphatic carbocycles. The number of halogens is 3. The predicted octanol–water partition coefficient (Wildman–Crippen LogP) is 4.77. The summed E-state index contributed by atoms with van der Waals surface area (Å²) in [6.07, 6.45) is 2.46. The van der Waals surface area contributed by atoms with Crippen LogP contribution in [0.5, 0.6) is 11.5 Å². The molecule has 234 valence electrons. The van der Waals surface area contributed by atoms with E-state index in [1.165, 1.54) is 18.3 Å².